The summed E-state index contributed by atoms with van der Waals surface area (Å²) in [5.74, 6) is 1.42. The third-order valence-electron chi connectivity index (χ3n) is 5.32. The molecule has 1 fully saturated rings. The van der Waals surface area contributed by atoms with Crippen LogP contribution in [0.2, 0.25) is 10.0 Å². The van der Waals surface area contributed by atoms with Gasteiger partial charge in [0.05, 0.1) is 5.02 Å². The monoisotopic (exact) mass is 479 g/mol. The molecule has 0 aromatic heterocycles. The van der Waals surface area contributed by atoms with Gasteiger partial charge in [0.25, 0.3) is 11.8 Å². The fraction of sp³-hybridized carbons (Fsp3) is 0.364. The Bertz CT molecular complexity index is 996. The van der Waals surface area contributed by atoms with Crippen molar-refractivity contribution in [3.05, 3.63) is 52.0 Å². The van der Waals surface area contributed by atoms with E-state index in [1.165, 1.54) is 0 Å². The van der Waals surface area contributed by atoms with Gasteiger partial charge in [0.15, 0.2) is 18.1 Å². The van der Waals surface area contributed by atoms with E-state index in [9.17, 15) is 9.59 Å². The van der Waals surface area contributed by atoms with Gasteiger partial charge in [0.2, 0.25) is 6.79 Å². The number of carbonyl (C=O) groups is 2. The van der Waals surface area contributed by atoms with E-state index in [0.29, 0.717) is 59.0 Å². The number of hydrogen-bond donors (Lipinski definition) is 1. The number of nitrogens with zero attached hydrogens (tertiary/aromatic N) is 2. The van der Waals surface area contributed by atoms with E-state index in [-0.39, 0.29) is 25.2 Å². The third-order valence-corrected chi connectivity index (χ3v) is 5.85. The van der Waals surface area contributed by atoms with Crippen LogP contribution < -0.4 is 19.5 Å². The number of benzene rings is 2. The Kier molecular flexibility index (Phi) is 7.24. The maximum Gasteiger partial charge on any atom is 0.260 e. The van der Waals surface area contributed by atoms with Crippen molar-refractivity contribution in [2.24, 2.45) is 0 Å². The maximum absolute atomic E-state index is 12.4. The molecule has 4 rings (SSSR count). The molecule has 0 aliphatic carbocycles. The third kappa shape index (κ3) is 5.56. The molecule has 2 aromatic carbocycles. The SMILES string of the molecule is O=C(NCCN1CCN(C(=O)COc2ccc(Cl)cc2Cl)CC1)c1ccc2c(c1)OCO2. The Morgan fingerprint density at radius 1 is 1.00 bits per heavy atom. The lowest BCUT2D eigenvalue weighted by molar-refractivity contribution is -0.135. The van der Waals surface area contributed by atoms with E-state index in [0.717, 1.165) is 13.1 Å². The van der Waals surface area contributed by atoms with Gasteiger partial charge in [0.1, 0.15) is 5.75 Å². The van der Waals surface area contributed by atoms with Crippen molar-refractivity contribution in [3.8, 4) is 17.2 Å². The van der Waals surface area contributed by atoms with Crippen LogP contribution in [0.1, 0.15) is 10.4 Å². The van der Waals surface area contributed by atoms with Gasteiger partial charge in [-0.1, -0.05) is 23.2 Å². The van der Waals surface area contributed by atoms with Crippen molar-refractivity contribution < 1.29 is 23.8 Å². The van der Waals surface area contributed by atoms with Crippen molar-refractivity contribution in [2.75, 3.05) is 52.7 Å². The lowest BCUT2D eigenvalue weighted by Gasteiger charge is -2.34. The van der Waals surface area contributed by atoms with Gasteiger partial charge in [-0.25, -0.2) is 0 Å². The minimum atomic E-state index is -0.157. The molecule has 0 unspecified atom stereocenters. The molecule has 1 N–H and O–H groups in total. The number of ether oxygens (including phenoxy) is 3. The van der Waals surface area contributed by atoms with Gasteiger partial charge in [-0.2, -0.15) is 0 Å². The molecule has 0 saturated carbocycles. The first kappa shape index (κ1) is 22.5. The quantitative estimate of drug-likeness (QED) is 0.657. The van der Waals surface area contributed by atoms with Gasteiger partial charge in [-0.05, 0) is 36.4 Å². The Hall–Kier alpha value is -2.68. The normalized spacial score (nSPS) is 15.5. The summed E-state index contributed by atoms with van der Waals surface area (Å²) < 4.78 is 16.1. The molecule has 0 spiro atoms. The highest BCUT2D eigenvalue weighted by Crippen LogP contribution is 2.32. The molecule has 2 heterocycles. The minimum absolute atomic E-state index is 0.0764. The van der Waals surface area contributed by atoms with Crippen LogP contribution in [0.15, 0.2) is 36.4 Å². The van der Waals surface area contributed by atoms with E-state index in [2.05, 4.69) is 10.2 Å². The molecule has 2 aromatic rings. The molecule has 32 heavy (non-hydrogen) atoms. The summed E-state index contributed by atoms with van der Waals surface area (Å²) in [5.41, 5.74) is 0.533. The summed E-state index contributed by atoms with van der Waals surface area (Å²) in [6.07, 6.45) is 0. The molecule has 8 nitrogen and oxygen atoms in total. The molecule has 1 saturated heterocycles. The topological polar surface area (TPSA) is 80.3 Å². The number of piperazine rings is 1. The number of hydrogen-bond acceptors (Lipinski definition) is 6. The zero-order chi connectivity index (χ0) is 22.5. The molecule has 2 aliphatic rings. The standard InChI is InChI=1S/C22H23Cl2N3O5/c23-16-2-4-18(17(24)12-16)30-13-21(28)27-9-7-26(8-10-27)6-5-25-22(29)15-1-3-19-20(11-15)32-14-31-19/h1-4,11-12H,5-10,13-14H2,(H,25,29). The van der Waals surface area contributed by atoms with Crippen LogP contribution in [0.5, 0.6) is 17.2 Å². The first-order chi connectivity index (χ1) is 15.5. The average molecular weight is 480 g/mol. The van der Waals surface area contributed by atoms with E-state index in [1.54, 1.807) is 41.3 Å². The van der Waals surface area contributed by atoms with Crippen LogP contribution in [-0.4, -0.2) is 74.3 Å². The van der Waals surface area contributed by atoms with Crippen LogP contribution in [0.4, 0.5) is 0 Å². The Balaban J connectivity index is 1.15. The fourth-order valence-corrected chi connectivity index (χ4v) is 3.97. The Labute approximate surface area is 195 Å². The highest BCUT2D eigenvalue weighted by molar-refractivity contribution is 6.35. The molecular weight excluding hydrogens is 457 g/mol. The van der Waals surface area contributed by atoms with Crippen molar-refractivity contribution in [3.63, 3.8) is 0 Å². The summed E-state index contributed by atoms with van der Waals surface area (Å²) in [7, 11) is 0. The van der Waals surface area contributed by atoms with Gasteiger partial charge in [-0.3, -0.25) is 14.5 Å². The molecule has 10 heteroatoms. The molecule has 2 aliphatic heterocycles. The van der Waals surface area contributed by atoms with Crippen LogP contribution in [0.25, 0.3) is 0 Å². The number of halogens is 2. The van der Waals surface area contributed by atoms with Crippen molar-refractivity contribution in [1.29, 1.82) is 0 Å². The second-order valence-electron chi connectivity index (χ2n) is 7.41. The van der Waals surface area contributed by atoms with Crippen LogP contribution >= 0.6 is 23.2 Å². The Morgan fingerprint density at radius 2 is 1.78 bits per heavy atom. The van der Waals surface area contributed by atoms with Gasteiger partial charge in [-0.15, -0.1) is 0 Å². The molecular formula is C22H23Cl2N3O5. The predicted octanol–water partition coefficient (Wildman–Crippen LogP) is 2.68. The number of fused-ring (bicyclic) bond motifs is 1. The number of rotatable bonds is 7. The lowest BCUT2D eigenvalue weighted by Crippen LogP contribution is -2.51. The van der Waals surface area contributed by atoms with E-state index in [4.69, 9.17) is 37.4 Å². The fourth-order valence-electron chi connectivity index (χ4n) is 3.51. The second-order valence-corrected chi connectivity index (χ2v) is 8.25. The number of amides is 2. The first-order valence-electron chi connectivity index (χ1n) is 10.3. The smallest absolute Gasteiger partial charge is 0.260 e. The molecule has 0 radical (unpaired) electrons. The minimum Gasteiger partial charge on any atom is -0.482 e. The molecule has 2 amide bonds. The Morgan fingerprint density at radius 3 is 2.56 bits per heavy atom. The van der Waals surface area contributed by atoms with Crippen molar-refractivity contribution in [2.45, 2.75) is 0 Å². The lowest BCUT2D eigenvalue weighted by atomic mass is 10.2. The average Bonchev–Trinajstić information content (AvgIpc) is 3.26. The summed E-state index contributed by atoms with van der Waals surface area (Å²) in [5, 5.41) is 3.80. The van der Waals surface area contributed by atoms with Gasteiger partial charge in [0, 0.05) is 49.9 Å². The van der Waals surface area contributed by atoms with E-state index >= 15 is 0 Å². The van der Waals surface area contributed by atoms with Crippen LogP contribution in [0, 0.1) is 0 Å². The zero-order valence-electron chi connectivity index (χ0n) is 17.3. The molecule has 0 bridgehead atoms. The van der Waals surface area contributed by atoms with Crippen LogP contribution in [0.3, 0.4) is 0 Å². The summed E-state index contributed by atoms with van der Waals surface area (Å²) >= 11 is 11.9. The molecule has 170 valence electrons. The van der Waals surface area contributed by atoms with E-state index < -0.39 is 0 Å². The van der Waals surface area contributed by atoms with Gasteiger partial charge >= 0.3 is 0 Å². The number of nitrogens with one attached hydrogen (secondary N) is 1. The summed E-state index contributed by atoms with van der Waals surface area (Å²) in [6, 6.07) is 10.0. The predicted molar refractivity (Wildman–Crippen MR) is 120 cm³/mol. The van der Waals surface area contributed by atoms with Gasteiger partial charge < -0.3 is 24.4 Å². The van der Waals surface area contributed by atoms with Crippen LogP contribution in [-0.2, 0) is 4.79 Å². The maximum atomic E-state index is 12.4. The highest BCUT2D eigenvalue weighted by Gasteiger charge is 2.22. The van der Waals surface area contributed by atoms with Crippen molar-refractivity contribution >= 4 is 35.0 Å². The second kappa shape index (κ2) is 10.3. The summed E-state index contributed by atoms with van der Waals surface area (Å²) in [4.78, 5) is 28.8. The zero-order valence-corrected chi connectivity index (χ0v) is 18.8. The molecule has 0 atom stereocenters. The first-order valence-corrected chi connectivity index (χ1v) is 11.0. The highest BCUT2D eigenvalue weighted by atomic mass is 35.5. The summed E-state index contributed by atoms with van der Waals surface area (Å²) in [6.45, 7) is 3.98. The van der Waals surface area contributed by atoms with Crippen molar-refractivity contribution in [1.82, 2.24) is 15.1 Å². The largest absolute Gasteiger partial charge is 0.482 e. The van der Waals surface area contributed by atoms with E-state index in [1.807, 2.05) is 0 Å². The number of carbonyl (C=O) groups excluding carboxylic acids is 2.